The Labute approximate surface area is 173 Å². The van der Waals surface area contributed by atoms with E-state index < -0.39 is 5.63 Å². The lowest BCUT2D eigenvalue weighted by Crippen LogP contribution is -2.02. The van der Waals surface area contributed by atoms with E-state index in [1.165, 1.54) is 0 Å². The summed E-state index contributed by atoms with van der Waals surface area (Å²) in [5.74, 6) is 0. The Balaban J connectivity index is 1.94. The van der Waals surface area contributed by atoms with E-state index in [1.807, 2.05) is 54.6 Å². The van der Waals surface area contributed by atoms with Gasteiger partial charge in [-0.3, -0.25) is 0 Å². The van der Waals surface area contributed by atoms with E-state index in [9.17, 15) is 4.79 Å². The molecule has 0 aliphatic heterocycles. The van der Waals surface area contributed by atoms with Gasteiger partial charge in [0.05, 0.1) is 11.4 Å². The predicted molar refractivity (Wildman–Crippen MR) is 115 cm³/mol. The molecule has 2 aromatic heterocycles. The standard InChI is InChI=1S/C22H12BrClN2O2/c23-14-7-11-16(12-8-14)26-21(13-5-9-15(24)10-6-13)19-20(25-26)17-3-1-2-4-18(17)28-22(19)27/h1-12H. The number of fused-ring (bicyclic) bond motifs is 3. The number of hydrogen-bond donors (Lipinski definition) is 0. The molecule has 0 bridgehead atoms. The first-order valence-corrected chi connectivity index (χ1v) is 9.75. The van der Waals surface area contributed by atoms with Crippen LogP contribution in [0, 0.1) is 0 Å². The maximum Gasteiger partial charge on any atom is 0.348 e. The Morgan fingerprint density at radius 1 is 0.929 bits per heavy atom. The summed E-state index contributed by atoms with van der Waals surface area (Å²) in [7, 11) is 0. The largest absolute Gasteiger partial charge is 0.422 e. The molecule has 6 heteroatoms. The number of halogens is 2. The van der Waals surface area contributed by atoms with Crippen molar-refractivity contribution in [2.45, 2.75) is 0 Å². The lowest BCUT2D eigenvalue weighted by molar-refractivity contribution is 0.570. The van der Waals surface area contributed by atoms with Crippen LogP contribution >= 0.6 is 27.5 Å². The first-order chi connectivity index (χ1) is 13.6. The Kier molecular flexibility index (Phi) is 4.07. The average Bonchev–Trinajstić information content (AvgIpc) is 3.11. The van der Waals surface area contributed by atoms with Crippen LogP contribution in [-0.2, 0) is 0 Å². The van der Waals surface area contributed by atoms with Crippen molar-refractivity contribution in [3.63, 3.8) is 0 Å². The highest BCUT2D eigenvalue weighted by molar-refractivity contribution is 9.10. The van der Waals surface area contributed by atoms with E-state index >= 15 is 0 Å². The molecule has 2 heterocycles. The molecule has 0 saturated heterocycles. The first kappa shape index (κ1) is 17.2. The fourth-order valence-electron chi connectivity index (χ4n) is 3.35. The Morgan fingerprint density at radius 2 is 1.64 bits per heavy atom. The second kappa shape index (κ2) is 6.62. The summed E-state index contributed by atoms with van der Waals surface area (Å²) < 4.78 is 8.33. The van der Waals surface area contributed by atoms with Gasteiger partial charge in [-0.15, -0.1) is 0 Å². The van der Waals surface area contributed by atoms with E-state index in [4.69, 9.17) is 21.1 Å². The lowest BCUT2D eigenvalue weighted by Gasteiger charge is -2.08. The van der Waals surface area contributed by atoms with Crippen LogP contribution in [0.5, 0.6) is 0 Å². The molecule has 3 aromatic carbocycles. The second-order valence-electron chi connectivity index (χ2n) is 6.35. The Bertz CT molecular complexity index is 1390. The molecule has 0 radical (unpaired) electrons. The fourth-order valence-corrected chi connectivity index (χ4v) is 3.74. The first-order valence-electron chi connectivity index (χ1n) is 8.58. The van der Waals surface area contributed by atoms with E-state index in [1.54, 1.807) is 22.9 Å². The summed E-state index contributed by atoms with van der Waals surface area (Å²) in [6, 6.07) is 22.5. The van der Waals surface area contributed by atoms with Crippen molar-refractivity contribution in [1.29, 1.82) is 0 Å². The van der Waals surface area contributed by atoms with Crippen LogP contribution in [0.15, 0.2) is 86.5 Å². The van der Waals surface area contributed by atoms with Gasteiger partial charge in [0.1, 0.15) is 16.5 Å². The zero-order chi connectivity index (χ0) is 19.3. The van der Waals surface area contributed by atoms with Gasteiger partial charge in [0.2, 0.25) is 0 Å². The maximum absolute atomic E-state index is 12.9. The molecule has 0 fully saturated rings. The SMILES string of the molecule is O=c1oc2ccccc2c2nn(-c3ccc(Br)cc3)c(-c3ccc(Cl)cc3)c12. The third kappa shape index (κ3) is 2.75. The molecule has 0 unspecified atom stereocenters. The number of para-hydroxylation sites is 1. The molecule has 136 valence electrons. The van der Waals surface area contributed by atoms with Gasteiger partial charge in [0.15, 0.2) is 0 Å². The minimum Gasteiger partial charge on any atom is -0.422 e. The molecule has 0 N–H and O–H groups in total. The number of nitrogens with zero attached hydrogens (tertiary/aromatic N) is 2. The van der Waals surface area contributed by atoms with Gasteiger partial charge in [0.25, 0.3) is 0 Å². The van der Waals surface area contributed by atoms with Crippen molar-refractivity contribution >= 4 is 49.4 Å². The second-order valence-corrected chi connectivity index (χ2v) is 7.71. The van der Waals surface area contributed by atoms with Crippen molar-refractivity contribution < 1.29 is 4.42 Å². The highest BCUT2D eigenvalue weighted by Gasteiger charge is 2.21. The van der Waals surface area contributed by atoms with Crippen molar-refractivity contribution in [3.05, 3.63) is 92.7 Å². The predicted octanol–water partition coefficient (Wildman–Crippen LogP) is 6.21. The molecule has 0 aliphatic rings. The van der Waals surface area contributed by atoms with Crippen LogP contribution in [0.1, 0.15) is 0 Å². The highest BCUT2D eigenvalue weighted by Crippen LogP contribution is 2.33. The number of benzene rings is 3. The van der Waals surface area contributed by atoms with Crippen molar-refractivity contribution in [3.8, 4) is 16.9 Å². The third-order valence-electron chi connectivity index (χ3n) is 4.62. The molecule has 0 aliphatic carbocycles. The van der Waals surface area contributed by atoms with E-state index in [2.05, 4.69) is 15.9 Å². The van der Waals surface area contributed by atoms with Crippen LogP contribution in [0.3, 0.4) is 0 Å². The Morgan fingerprint density at radius 3 is 2.39 bits per heavy atom. The average molecular weight is 452 g/mol. The van der Waals surface area contributed by atoms with Crippen molar-refractivity contribution in [2.24, 2.45) is 0 Å². The topological polar surface area (TPSA) is 48.0 Å². The zero-order valence-electron chi connectivity index (χ0n) is 14.4. The molecule has 5 aromatic rings. The molecule has 0 spiro atoms. The minimum atomic E-state index is -0.415. The summed E-state index contributed by atoms with van der Waals surface area (Å²) in [6.45, 7) is 0. The number of hydrogen-bond acceptors (Lipinski definition) is 3. The van der Waals surface area contributed by atoms with Gasteiger partial charge < -0.3 is 4.42 Å². The van der Waals surface area contributed by atoms with Crippen molar-refractivity contribution in [1.82, 2.24) is 9.78 Å². The van der Waals surface area contributed by atoms with Crippen LogP contribution in [0.4, 0.5) is 0 Å². The van der Waals surface area contributed by atoms with Crippen LogP contribution in [0.2, 0.25) is 5.02 Å². The summed E-state index contributed by atoms with van der Waals surface area (Å²) in [5, 5.41) is 6.68. The molecular formula is C22H12BrClN2O2. The smallest absolute Gasteiger partial charge is 0.348 e. The van der Waals surface area contributed by atoms with Gasteiger partial charge in [-0.05, 0) is 48.5 Å². The maximum atomic E-state index is 12.9. The third-order valence-corrected chi connectivity index (χ3v) is 5.40. The lowest BCUT2D eigenvalue weighted by atomic mass is 10.1. The monoisotopic (exact) mass is 450 g/mol. The summed E-state index contributed by atoms with van der Waals surface area (Å²) in [5.41, 5.74) is 3.06. The molecular weight excluding hydrogens is 440 g/mol. The van der Waals surface area contributed by atoms with Gasteiger partial charge in [-0.2, -0.15) is 5.10 Å². The number of aromatic nitrogens is 2. The molecule has 4 nitrogen and oxygen atoms in total. The van der Waals surface area contributed by atoms with E-state index in [0.29, 0.717) is 27.2 Å². The quantitative estimate of drug-likeness (QED) is 0.300. The zero-order valence-corrected chi connectivity index (χ0v) is 16.7. The molecule has 0 saturated carbocycles. The minimum absolute atomic E-state index is 0.415. The van der Waals surface area contributed by atoms with Gasteiger partial charge in [-0.1, -0.05) is 51.8 Å². The normalized spacial score (nSPS) is 11.4. The molecule has 0 amide bonds. The summed E-state index contributed by atoms with van der Waals surface area (Å²) in [6.07, 6.45) is 0. The van der Waals surface area contributed by atoms with Crippen molar-refractivity contribution in [2.75, 3.05) is 0 Å². The van der Waals surface area contributed by atoms with E-state index in [-0.39, 0.29) is 0 Å². The van der Waals surface area contributed by atoms with Crippen LogP contribution in [0.25, 0.3) is 38.8 Å². The van der Waals surface area contributed by atoms with Gasteiger partial charge >= 0.3 is 5.63 Å². The van der Waals surface area contributed by atoms with Gasteiger partial charge in [0, 0.05) is 20.4 Å². The van der Waals surface area contributed by atoms with E-state index in [0.717, 1.165) is 21.1 Å². The Hall–Kier alpha value is -2.89. The molecule has 0 atom stereocenters. The molecule has 5 rings (SSSR count). The summed E-state index contributed by atoms with van der Waals surface area (Å²) in [4.78, 5) is 12.9. The van der Waals surface area contributed by atoms with Crippen LogP contribution in [-0.4, -0.2) is 9.78 Å². The highest BCUT2D eigenvalue weighted by atomic mass is 79.9. The number of rotatable bonds is 2. The molecule has 28 heavy (non-hydrogen) atoms. The van der Waals surface area contributed by atoms with Crippen LogP contribution < -0.4 is 5.63 Å². The summed E-state index contributed by atoms with van der Waals surface area (Å²) >= 11 is 9.53. The fraction of sp³-hybridized carbons (Fsp3) is 0. The van der Waals surface area contributed by atoms with Gasteiger partial charge in [-0.25, -0.2) is 9.48 Å².